The second-order valence-corrected chi connectivity index (χ2v) is 8.03. The van der Waals surface area contributed by atoms with Crippen LogP contribution in [0, 0.1) is 0 Å². The van der Waals surface area contributed by atoms with Gasteiger partial charge in [-0.3, -0.25) is 9.69 Å². The summed E-state index contributed by atoms with van der Waals surface area (Å²) >= 11 is 0. The largest absolute Gasteiger partial charge is 0.354 e. The Morgan fingerprint density at radius 1 is 0.812 bits per heavy atom. The monoisotopic (exact) mass is 423 g/mol. The molecule has 0 radical (unpaired) electrons. The van der Waals surface area contributed by atoms with Crippen molar-refractivity contribution in [2.24, 2.45) is 0 Å². The van der Waals surface area contributed by atoms with Gasteiger partial charge in [0.2, 0.25) is 0 Å². The van der Waals surface area contributed by atoms with Crippen LogP contribution in [0.2, 0.25) is 0 Å². The van der Waals surface area contributed by atoms with Crippen LogP contribution in [0.3, 0.4) is 0 Å². The van der Waals surface area contributed by atoms with Gasteiger partial charge in [-0.05, 0) is 28.5 Å². The van der Waals surface area contributed by atoms with Crippen molar-refractivity contribution in [2.45, 2.75) is 6.54 Å². The Labute approximate surface area is 187 Å². The summed E-state index contributed by atoms with van der Waals surface area (Å²) in [6.07, 6.45) is 1.52. The maximum atomic E-state index is 12.8. The lowest BCUT2D eigenvalue weighted by Crippen LogP contribution is -2.46. The van der Waals surface area contributed by atoms with E-state index in [9.17, 15) is 4.79 Å². The molecule has 160 valence electrons. The lowest BCUT2D eigenvalue weighted by Gasteiger charge is -2.35. The van der Waals surface area contributed by atoms with Crippen LogP contribution >= 0.6 is 0 Å². The molecule has 6 heteroatoms. The first-order valence-corrected chi connectivity index (χ1v) is 10.9. The zero-order chi connectivity index (χ0) is 21.8. The predicted molar refractivity (Wildman–Crippen MR) is 128 cm³/mol. The summed E-state index contributed by atoms with van der Waals surface area (Å²) < 4.78 is 0. The number of piperazine rings is 1. The molecule has 32 heavy (non-hydrogen) atoms. The molecular weight excluding hydrogens is 398 g/mol. The van der Waals surface area contributed by atoms with E-state index in [1.807, 2.05) is 54.6 Å². The molecule has 4 aromatic rings. The van der Waals surface area contributed by atoms with E-state index >= 15 is 0 Å². The van der Waals surface area contributed by atoms with Gasteiger partial charge < -0.3 is 10.2 Å². The highest BCUT2D eigenvalue weighted by Gasteiger charge is 2.19. The standard InChI is InChI=1S/C26H25N5O/c32-26(23-11-10-21-8-4-5-9-22(21)16-23)29-24-17-25(28-19-27-24)31-14-12-30(13-15-31)18-20-6-2-1-3-7-20/h1-11,16-17,19H,12-15,18H2,(H,27,28,29,32). The van der Waals surface area contributed by atoms with E-state index in [0.29, 0.717) is 11.4 Å². The van der Waals surface area contributed by atoms with Crippen LogP contribution < -0.4 is 10.2 Å². The molecule has 1 fully saturated rings. The van der Waals surface area contributed by atoms with Crippen LogP contribution in [0.15, 0.2) is 85.2 Å². The van der Waals surface area contributed by atoms with Gasteiger partial charge in [0, 0.05) is 44.4 Å². The van der Waals surface area contributed by atoms with Gasteiger partial charge in [0.15, 0.2) is 0 Å². The van der Waals surface area contributed by atoms with Gasteiger partial charge in [-0.1, -0.05) is 60.7 Å². The minimum absolute atomic E-state index is 0.173. The Kier molecular flexibility index (Phi) is 5.77. The van der Waals surface area contributed by atoms with Crippen LogP contribution in [0.5, 0.6) is 0 Å². The van der Waals surface area contributed by atoms with Crippen LogP contribution in [0.4, 0.5) is 11.6 Å². The number of carbonyl (C=O) groups is 1. The number of rotatable bonds is 5. The number of carbonyl (C=O) groups excluding carboxylic acids is 1. The second-order valence-electron chi connectivity index (χ2n) is 8.03. The smallest absolute Gasteiger partial charge is 0.256 e. The number of amides is 1. The average Bonchev–Trinajstić information content (AvgIpc) is 2.85. The number of hydrogen-bond acceptors (Lipinski definition) is 5. The number of benzene rings is 3. The molecule has 6 nitrogen and oxygen atoms in total. The van der Waals surface area contributed by atoms with E-state index in [1.54, 1.807) is 0 Å². The first-order chi connectivity index (χ1) is 15.7. The number of nitrogens with zero attached hydrogens (tertiary/aromatic N) is 4. The fraction of sp³-hybridized carbons (Fsp3) is 0.192. The molecule has 1 saturated heterocycles. The van der Waals surface area contributed by atoms with E-state index in [-0.39, 0.29) is 5.91 Å². The molecule has 0 atom stereocenters. The molecule has 0 bridgehead atoms. The molecule has 0 unspecified atom stereocenters. The highest BCUT2D eigenvalue weighted by molar-refractivity contribution is 6.06. The van der Waals surface area contributed by atoms with Crippen molar-refractivity contribution in [3.8, 4) is 0 Å². The molecule has 1 aromatic heterocycles. The minimum Gasteiger partial charge on any atom is -0.354 e. The molecule has 0 spiro atoms. The first-order valence-electron chi connectivity index (χ1n) is 10.9. The first kappa shape index (κ1) is 20.2. The van der Waals surface area contributed by atoms with Crippen LogP contribution in [-0.4, -0.2) is 47.0 Å². The summed E-state index contributed by atoms with van der Waals surface area (Å²) in [5, 5.41) is 5.07. The summed E-state index contributed by atoms with van der Waals surface area (Å²) in [6.45, 7) is 4.69. The number of anilines is 2. The van der Waals surface area contributed by atoms with Crippen molar-refractivity contribution in [2.75, 3.05) is 36.4 Å². The van der Waals surface area contributed by atoms with Crippen LogP contribution in [0.25, 0.3) is 10.8 Å². The molecular formula is C26H25N5O. The second kappa shape index (κ2) is 9.16. The molecule has 1 aliphatic rings. The summed E-state index contributed by atoms with van der Waals surface area (Å²) in [5.41, 5.74) is 1.94. The fourth-order valence-corrected chi connectivity index (χ4v) is 4.08. The highest BCUT2D eigenvalue weighted by atomic mass is 16.1. The molecule has 2 heterocycles. The fourth-order valence-electron chi connectivity index (χ4n) is 4.08. The van der Waals surface area contributed by atoms with Crippen LogP contribution in [-0.2, 0) is 6.54 Å². The van der Waals surface area contributed by atoms with Gasteiger partial charge in [0.1, 0.15) is 18.0 Å². The molecule has 3 aromatic carbocycles. The molecule has 0 saturated carbocycles. The van der Waals surface area contributed by atoms with Crippen LogP contribution in [0.1, 0.15) is 15.9 Å². The summed E-state index contributed by atoms with van der Waals surface area (Å²) in [6, 6.07) is 26.1. The molecule has 0 aliphatic carbocycles. The average molecular weight is 424 g/mol. The topological polar surface area (TPSA) is 61.4 Å². The van der Waals surface area contributed by atoms with Gasteiger partial charge in [0.25, 0.3) is 5.91 Å². The third-order valence-electron chi connectivity index (χ3n) is 5.85. The Hall–Kier alpha value is -3.77. The third kappa shape index (κ3) is 4.60. The van der Waals surface area contributed by atoms with Gasteiger partial charge in [0.05, 0.1) is 0 Å². The number of aromatic nitrogens is 2. The Morgan fingerprint density at radius 3 is 2.38 bits per heavy atom. The summed E-state index contributed by atoms with van der Waals surface area (Å²) in [4.78, 5) is 26.2. The van der Waals surface area contributed by atoms with E-state index < -0.39 is 0 Å². The maximum absolute atomic E-state index is 12.8. The van der Waals surface area contributed by atoms with Crippen molar-refractivity contribution >= 4 is 28.3 Å². The van der Waals surface area contributed by atoms with E-state index in [1.165, 1.54) is 11.9 Å². The van der Waals surface area contributed by atoms with Gasteiger partial charge in [-0.25, -0.2) is 9.97 Å². The summed E-state index contributed by atoms with van der Waals surface area (Å²) in [7, 11) is 0. The van der Waals surface area contributed by atoms with Gasteiger partial charge in [-0.2, -0.15) is 0 Å². The molecule has 1 amide bonds. The number of nitrogens with one attached hydrogen (secondary N) is 1. The number of hydrogen-bond donors (Lipinski definition) is 1. The van der Waals surface area contributed by atoms with Crippen molar-refractivity contribution in [1.29, 1.82) is 0 Å². The Bertz CT molecular complexity index is 1220. The summed E-state index contributed by atoms with van der Waals surface area (Å²) in [5.74, 6) is 1.18. The number of fused-ring (bicyclic) bond motifs is 1. The zero-order valence-electron chi connectivity index (χ0n) is 17.8. The van der Waals surface area contributed by atoms with Crippen molar-refractivity contribution < 1.29 is 4.79 Å². The normalized spacial score (nSPS) is 14.4. The van der Waals surface area contributed by atoms with Crippen molar-refractivity contribution in [1.82, 2.24) is 14.9 Å². The van der Waals surface area contributed by atoms with Crippen molar-refractivity contribution in [3.05, 3.63) is 96.3 Å². The zero-order valence-corrected chi connectivity index (χ0v) is 17.8. The molecule has 1 aliphatic heterocycles. The third-order valence-corrected chi connectivity index (χ3v) is 5.85. The lowest BCUT2D eigenvalue weighted by molar-refractivity contribution is 0.102. The highest BCUT2D eigenvalue weighted by Crippen LogP contribution is 2.19. The van der Waals surface area contributed by atoms with Gasteiger partial charge in [-0.15, -0.1) is 0 Å². The molecule has 1 N–H and O–H groups in total. The lowest BCUT2D eigenvalue weighted by atomic mass is 10.1. The quantitative estimate of drug-likeness (QED) is 0.521. The maximum Gasteiger partial charge on any atom is 0.256 e. The van der Waals surface area contributed by atoms with Crippen molar-refractivity contribution in [3.63, 3.8) is 0 Å². The SMILES string of the molecule is O=C(Nc1cc(N2CCN(Cc3ccccc3)CC2)ncn1)c1ccc2ccccc2c1. The van der Waals surface area contributed by atoms with E-state index in [2.05, 4.69) is 49.4 Å². The van der Waals surface area contributed by atoms with E-state index in [4.69, 9.17) is 0 Å². The Morgan fingerprint density at radius 2 is 1.56 bits per heavy atom. The van der Waals surface area contributed by atoms with E-state index in [0.717, 1.165) is 49.3 Å². The minimum atomic E-state index is -0.173. The van der Waals surface area contributed by atoms with Gasteiger partial charge >= 0.3 is 0 Å². The molecule has 5 rings (SSSR count). The Balaban J connectivity index is 1.22. The predicted octanol–water partition coefficient (Wildman–Crippen LogP) is 4.20.